The quantitative estimate of drug-likeness (QED) is 0.810. The third kappa shape index (κ3) is 1.95. The van der Waals surface area contributed by atoms with Crippen molar-refractivity contribution in [3.8, 4) is 6.07 Å². The smallest absolute Gasteiger partial charge is 0.153 e. The van der Waals surface area contributed by atoms with Crippen LogP contribution in [0, 0.1) is 11.3 Å². The Labute approximate surface area is 121 Å². The van der Waals surface area contributed by atoms with E-state index in [1.165, 1.54) is 6.34 Å². The van der Waals surface area contributed by atoms with E-state index in [4.69, 9.17) is 16.9 Å². The lowest BCUT2D eigenvalue weighted by Crippen LogP contribution is -2.32. The summed E-state index contributed by atoms with van der Waals surface area (Å²) in [6.45, 7) is -0.156. The molecule has 0 saturated heterocycles. The Morgan fingerprint density at radius 3 is 3.10 bits per heavy atom. The van der Waals surface area contributed by atoms with Gasteiger partial charge in [-0.05, 0) is 17.7 Å². The van der Waals surface area contributed by atoms with Gasteiger partial charge in [0.05, 0.1) is 18.0 Å². The highest BCUT2D eigenvalue weighted by Crippen LogP contribution is 2.38. The number of rotatable bonds is 2. The highest BCUT2D eigenvalue weighted by molar-refractivity contribution is 6.31. The van der Waals surface area contributed by atoms with Crippen molar-refractivity contribution in [3.63, 3.8) is 0 Å². The predicted octanol–water partition coefficient (Wildman–Crippen LogP) is 1.57. The first kappa shape index (κ1) is 12.7. The Kier molecular flexibility index (Phi) is 3.18. The molecular formula is C14H11ClN4O. The second-order valence-electron chi connectivity index (χ2n) is 4.41. The molecule has 1 aromatic rings. The number of nitrogens with zero attached hydrogens (tertiary/aromatic N) is 3. The summed E-state index contributed by atoms with van der Waals surface area (Å²) in [4.78, 5) is 5.97. The van der Waals surface area contributed by atoms with Crippen LogP contribution in [-0.4, -0.2) is 29.2 Å². The molecule has 0 aliphatic carbocycles. The average molecular weight is 287 g/mol. The number of halogens is 1. The summed E-state index contributed by atoms with van der Waals surface area (Å²) < 4.78 is 0. The lowest BCUT2D eigenvalue weighted by atomic mass is 9.98. The molecule has 20 heavy (non-hydrogen) atoms. The van der Waals surface area contributed by atoms with Crippen LogP contribution in [0.1, 0.15) is 11.1 Å². The van der Waals surface area contributed by atoms with Crippen LogP contribution >= 0.6 is 11.6 Å². The summed E-state index contributed by atoms with van der Waals surface area (Å²) in [7, 11) is 0. The van der Waals surface area contributed by atoms with Crippen molar-refractivity contribution >= 4 is 23.5 Å². The van der Waals surface area contributed by atoms with E-state index in [-0.39, 0.29) is 12.9 Å². The molecule has 6 heteroatoms. The normalized spacial score (nSPS) is 20.4. The zero-order valence-electron chi connectivity index (χ0n) is 10.4. The molecule has 2 aliphatic heterocycles. The number of fused-ring (bicyclic) bond motifs is 1. The van der Waals surface area contributed by atoms with Gasteiger partial charge >= 0.3 is 0 Å². The van der Waals surface area contributed by atoms with E-state index in [0.29, 0.717) is 10.7 Å². The Morgan fingerprint density at radius 2 is 2.35 bits per heavy atom. The van der Waals surface area contributed by atoms with Crippen LogP contribution in [0.3, 0.4) is 0 Å². The van der Waals surface area contributed by atoms with Crippen molar-refractivity contribution in [2.45, 2.75) is 6.17 Å². The lowest BCUT2D eigenvalue weighted by Gasteiger charge is -2.24. The zero-order valence-corrected chi connectivity index (χ0v) is 11.2. The number of aliphatic hydroxyl groups excluding tert-OH is 1. The molecule has 0 aromatic heterocycles. The Morgan fingerprint density at radius 1 is 1.50 bits per heavy atom. The fourth-order valence-corrected chi connectivity index (χ4v) is 2.60. The Bertz CT molecular complexity index is 687. The molecule has 5 nitrogen and oxygen atoms in total. The van der Waals surface area contributed by atoms with Crippen molar-refractivity contribution in [1.29, 1.82) is 5.26 Å². The molecule has 2 heterocycles. The van der Waals surface area contributed by atoms with Crippen LogP contribution in [0.25, 0.3) is 5.57 Å². The maximum absolute atomic E-state index is 9.43. The Balaban J connectivity index is 2.10. The van der Waals surface area contributed by atoms with Gasteiger partial charge in [-0.25, -0.2) is 4.99 Å². The molecule has 0 saturated carbocycles. The van der Waals surface area contributed by atoms with Crippen molar-refractivity contribution < 1.29 is 5.11 Å². The van der Waals surface area contributed by atoms with Gasteiger partial charge in [0.1, 0.15) is 11.9 Å². The number of aliphatic hydroxyl groups is 1. The van der Waals surface area contributed by atoms with Crippen LogP contribution in [0.4, 0.5) is 0 Å². The largest absolute Gasteiger partial charge is 0.376 e. The zero-order chi connectivity index (χ0) is 14.1. The van der Waals surface area contributed by atoms with Crippen LogP contribution < -0.4 is 5.32 Å². The Hall–Kier alpha value is -2.29. The summed E-state index contributed by atoms with van der Waals surface area (Å²) in [6, 6.07) is 9.37. The summed E-state index contributed by atoms with van der Waals surface area (Å²) in [6.07, 6.45) is 3.00. The van der Waals surface area contributed by atoms with Crippen LogP contribution in [0.15, 0.2) is 46.2 Å². The molecular weight excluding hydrogens is 276 g/mol. The van der Waals surface area contributed by atoms with E-state index < -0.39 is 0 Å². The minimum absolute atomic E-state index is 0.156. The first-order valence-corrected chi connectivity index (χ1v) is 6.39. The average Bonchev–Trinajstić information content (AvgIpc) is 2.87. The van der Waals surface area contributed by atoms with Gasteiger partial charge in [-0.2, -0.15) is 5.26 Å². The highest BCUT2D eigenvalue weighted by Gasteiger charge is 2.33. The third-order valence-corrected chi connectivity index (χ3v) is 3.58. The number of nitriles is 1. The molecule has 1 unspecified atom stereocenters. The van der Waals surface area contributed by atoms with Gasteiger partial charge in [-0.3, -0.25) is 0 Å². The first-order chi connectivity index (χ1) is 9.74. The molecule has 2 aliphatic rings. The van der Waals surface area contributed by atoms with E-state index >= 15 is 0 Å². The van der Waals surface area contributed by atoms with E-state index in [0.717, 1.165) is 16.7 Å². The highest BCUT2D eigenvalue weighted by atomic mass is 35.5. The van der Waals surface area contributed by atoms with Crippen LogP contribution in [0.2, 0.25) is 0 Å². The predicted molar refractivity (Wildman–Crippen MR) is 76.4 cm³/mol. The molecule has 100 valence electrons. The second-order valence-corrected chi connectivity index (χ2v) is 4.79. The van der Waals surface area contributed by atoms with Gasteiger partial charge in [0.15, 0.2) is 6.17 Å². The lowest BCUT2D eigenvalue weighted by molar-refractivity contribution is 0.136. The minimum atomic E-state index is -0.325. The van der Waals surface area contributed by atoms with Gasteiger partial charge in [0, 0.05) is 17.3 Å². The topological polar surface area (TPSA) is 71.7 Å². The van der Waals surface area contributed by atoms with Crippen LogP contribution in [-0.2, 0) is 0 Å². The first-order valence-electron chi connectivity index (χ1n) is 6.02. The van der Waals surface area contributed by atoms with Gasteiger partial charge in [0.25, 0.3) is 0 Å². The van der Waals surface area contributed by atoms with Crippen molar-refractivity contribution in [1.82, 2.24) is 10.2 Å². The number of nitrogens with one attached hydrogen (secondary N) is 1. The van der Waals surface area contributed by atoms with Gasteiger partial charge in [-0.15, -0.1) is 0 Å². The maximum atomic E-state index is 9.43. The van der Waals surface area contributed by atoms with E-state index in [9.17, 15) is 5.11 Å². The second kappa shape index (κ2) is 5.00. The summed E-state index contributed by atoms with van der Waals surface area (Å²) in [5, 5.41) is 21.8. The monoisotopic (exact) mass is 286 g/mol. The maximum Gasteiger partial charge on any atom is 0.153 e. The third-order valence-electron chi connectivity index (χ3n) is 3.27. The van der Waals surface area contributed by atoms with Crippen LogP contribution in [0.5, 0.6) is 0 Å². The fourth-order valence-electron chi connectivity index (χ4n) is 2.35. The molecule has 3 rings (SSSR count). The minimum Gasteiger partial charge on any atom is -0.376 e. The van der Waals surface area contributed by atoms with Crippen molar-refractivity contribution in [2.24, 2.45) is 4.99 Å². The number of hydrogen-bond donors (Lipinski definition) is 2. The summed E-state index contributed by atoms with van der Waals surface area (Å²) in [5.41, 5.74) is 3.11. The van der Waals surface area contributed by atoms with Crippen molar-refractivity contribution in [2.75, 3.05) is 6.73 Å². The van der Waals surface area contributed by atoms with Gasteiger partial charge in [-0.1, -0.05) is 23.7 Å². The summed E-state index contributed by atoms with van der Waals surface area (Å²) in [5.74, 6) is 0. The molecule has 0 spiro atoms. The van der Waals surface area contributed by atoms with Gasteiger partial charge < -0.3 is 15.3 Å². The molecule has 2 N–H and O–H groups in total. The number of benzene rings is 1. The molecule has 0 fully saturated rings. The summed E-state index contributed by atoms with van der Waals surface area (Å²) >= 11 is 6.22. The van der Waals surface area contributed by atoms with E-state index in [2.05, 4.69) is 16.4 Å². The number of aliphatic imine (C=N–C) groups is 1. The van der Waals surface area contributed by atoms with E-state index in [1.807, 2.05) is 18.3 Å². The number of hydrogen-bond acceptors (Lipinski definition) is 5. The molecule has 1 atom stereocenters. The molecule has 0 bridgehead atoms. The molecule has 0 radical (unpaired) electrons. The molecule has 1 aromatic carbocycles. The van der Waals surface area contributed by atoms with Gasteiger partial charge in [0.2, 0.25) is 0 Å². The molecule has 0 amide bonds. The van der Waals surface area contributed by atoms with E-state index in [1.54, 1.807) is 17.0 Å². The van der Waals surface area contributed by atoms with Crippen molar-refractivity contribution in [3.05, 3.63) is 52.3 Å². The fraction of sp³-hybridized carbons (Fsp3) is 0.143. The standard InChI is InChI=1S/C14H11ClN4O/c15-13-12-11(10-3-1-2-9(4-10)5-16)6-19(8-20)14(12)18-7-17-13/h1-4,6-7,14,20H,8H2,(H,17,18). The SMILES string of the molecule is N#Cc1cccc(C2=CN(CO)C3N=CNC(Cl)=C23)c1.